The fourth-order valence-electron chi connectivity index (χ4n) is 3.55. The summed E-state index contributed by atoms with van der Waals surface area (Å²) in [6.45, 7) is 14.1. The highest BCUT2D eigenvalue weighted by atomic mass is 28.4. The minimum absolute atomic E-state index is 0.0486. The summed E-state index contributed by atoms with van der Waals surface area (Å²) < 4.78 is 12.4. The van der Waals surface area contributed by atoms with Gasteiger partial charge >= 0.3 is 0 Å². The van der Waals surface area contributed by atoms with Gasteiger partial charge in [0.1, 0.15) is 5.75 Å². The van der Waals surface area contributed by atoms with Crippen molar-refractivity contribution in [1.29, 1.82) is 0 Å². The lowest BCUT2D eigenvalue weighted by molar-refractivity contribution is -0.397. The van der Waals surface area contributed by atoms with E-state index in [2.05, 4.69) is 33.9 Å². The highest BCUT2D eigenvalue weighted by Gasteiger charge is 2.66. The van der Waals surface area contributed by atoms with E-state index in [1.165, 1.54) is 0 Å². The topological polar surface area (TPSA) is 57.2 Å². The molecule has 0 saturated carbocycles. The third-order valence-electron chi connectivity index (χ3n) is 6.32. The van der Waals surface area contributed by atoms with Gasteiger partial charge in [0.2, 0.25) is 20.0 Å². The van der Waals surface area contributed by atoms with Gasteiger partial charge in [-0.05, 0) is 30.3 Å². The average Bonchev–Trinajstić information content (AvgIpc) is 2.92. The Morgan fingerprint density at radius 2 is 1.93 bits per heavy atom. The Morgan fingerprint density at radius 1 is 1.26 bits per heavy atom. The van der Waals surface area contributed by atoms with Crippen LogP contribution in [0.15, 0.2) is 24.3 Å². The summed E-state index contributed by atoms with van der Waals surface area (Å²) in [5.41, 5.74) is 0.435. The quantitative estimate of drug-likeness (QED) is 0.577. The predicted molar refractivity (Wildman–Crippen MR) is 105 cm³/mol. The maximum atomic E-state index is 11.7. The molecule has 1 atom stereocenters. The van der Waals surface area contributed by atoms with Crippen molar-refractivity contribution in [3.8, 4) is 5.75 Å². The van der Waals surface area contributed by atoms with Crippen LogP contribution in [0, 0.1) is 5.41 Å². The van der Waals surface area contributed by atoms with Crippen molar-refractivity contribution < 1.29 is 23.7 Å². The number of carbonyl (C=O) groups excluding carboxylic acids is 1. The summed E-state index contributed by atoms with van der Waals surface area (Å²) in [6.07, 6.45) is 0. The minimum atomic E-state index is -1.96. The number of hydrogen-bond acceptors (Lipinski definition) is 5. The highest BCUT2D eigenvalue weighted by Crippen LogP contribution is 2.54. The van der Waals surface area contributed by atoms with Gasteiger partial charge in [0.05, 0.1) is 12.0 Å². The minimum Gasteiger partial charge on any atom is -0.543 e. The molecule has 0 radical (unpaired) electrons. The first-order chi connectivity index (χ1) is 12.5. The second-order valence-corrected chi connectivity index (χ2v) is 13.9. The first-order valence-corrected chi connectivity index (χ1v) is 12.3. The lowest BCUT2D eigenvalue weighted by atomic mass is 9.70. The van der Waals surface area contributed by atoms with Crippen LogP contribution in [0.25, 0.3) is 0 Å². The van der Waals surface area contributed by atoms with Gasteiger partial charge in [-0.15, -0.1) is 0 Å². The van der Waals surface area contributed by atoms with E-state index in [1.54, 1.807) is 18.9 Å². The first kappa shape index (κ1) is 20.3. The zero-order chi connectivity index (χ0) is 20.1. The molecule has 2 aliphatic rings. The molecule has 1 unspecified atom stereocenters. The molecular weight excluding hydrogens is 362 g/mol. The Kier molecular flexibility index (Phi) is 4.95. The first-order valence-electron chi connectivity index (χ1n) is 9.37. The maximum Gasteiger partial charge on any atom is 0.250 e. The zero-order valence-corrected chi connectivity index (χ0v) is 18.4. The van der Waals surface area contributed by atoms with Crippen LogP contribution in [0.5, 0.6) is 5.75 Å². The van der Waals surface area contributed by atoms with Crippen LogP contribution in [0.4, 0.5) is 0 Å². The predicted octanol–water partition coefficient (Wildman–Crippen LogP) is 3.68. The summed E-state index contributed by atoms with van der Waals surface area (Å²) in [7, 11) is -0.345. The number of methoxy groups -OCH3 is 1. The van der Waals surface area contributed by atoms with Crippen molar-refractivity contribution in [1.82, 2.24) is 4.90 Å². The van der Waals surface area contributed by atoms with E-state index < -0.39 is 19.5 Å². The second kappa shape index (κ2) is 6.58. The van der Waals surface area contributed by atoms with Crippen LogP contribution in [-0.4, -0.2) is 45.9 Å². The van der Waals surface area contributed by atoms with Crippen LogP contribution in [0.1, 0.15) is 33.3 Å². The Balaban J connectivity index is 1.92. The second-order valence-electron chi connectivity index (χ2n) is 9.21. The number of amides is 1. The van der Waals surface area contributed by atoms with Gasteiger partial charge in [0, 0.05) is 32.7 Å². The number of likely N-dealkylation sites (tertiary alicyclic amines) is 1. The summed E-state index contributed by atoms with van der Waals surface area (Å²) in [4.78, 5) is 24.6. The highest BCUT2D eigenvalue weighted by molar-refractivity contribution is 6.74. The van der Waals surface area contributed by atoms with Gasteiger partial charge in [-0.25, -0.2) is 4.89 Å². The number of carbonyl (C=O) groups is 1. The molecule has 2 aliphatic heterocycles. The normalized spacial score (nSPS) is 24.8. The molecule has 0 bridgehead atoms. The molecule has 1 amide bonds. The molecular formula is C20H31NO5Si. The van der Waals surface area contributed by atoms with Crippen LogP contribution >= 0.6 is 0 Å². The Bertz CT molecular complexity index is 723. The average molecular weight is 394 g/mol. The Hall–Kier alpha value is -1.41. The van der Waals surface area contributed by atoms with Gasteiger partial charge in [0.15, 0.2) is 0 Å². The fraction of sp³-hybridized carbons (Fsp3) is 0.650. The van der Waals surface area contributed by atoms with Gasteiger partial charge in [-0.1, -0.05) is 32.9 Å². The van der Waals surface area contributed by atoms with Crippen molar-refractivity contribution in [3.63, 3.8) is 0 Å². The molecule has 0 aromatic heterocycles. The molecule has 2 heterocycles. The molecule has 0 N–H and O–H groups in total. The van der Waals surface area contributed by atoms with Crippen molar-refractivity contribution in [3.05, 3.63) is 29.8 Å². The Labute approximate surface area is 162 Å². The van der Waals surface area contributed by atoms with Crippen LogP contribution in [-0.2, 0) is 25.1 Å². The largest absolute Gasteiger partial charge is 0.543 e. The van der Waals surface area contributed by atoms with Crippen molar-refractivity contribution in [2.75, 3.05) is 26.8 Å². The zero-order valence-electron chi connectivity index (χ0n) is 17.4. The molecule has 3 rings (SSSR count). The smallest absolute Gasteiger partial charge is 0.250 e. The van der Waals surface area contributed by atoms with Crippen molar-refractivity contribution >= 4 is 14.2 Å². The third kappa shape index (κ3) is 3.20. The maximum absolute atomic E-state index is 11.7. The van der Waals surface area contributed by atoms with Gasteiger partial charge in [-0.2, -0.15) is 4.89 Å². The van der Waals surface area contributed by atoms with Crippen molar-refractivity contribution in [2.45, 2.75) is 51.6 Å². The monoisotopic (exact) mass is 393 g/mol. The van der Waals surface area contributed by atoms with Gasteiger partial charge < -0.3 is 14.1 Å². The molecule has 6 nitrogen and oxygen atoms in total. The van der Waals surface area contributed by atoms with Gasteiger partial charge in [0.25, 0.3) is 0 Å². The molecule has 150 valence electrons. The van der Waals surface area contributed by atoms with E-state index in [9.17, 15) is 4.79 Å². The molecule has 1 aromatic rings. The van der Waals surface area contributed by atoms with Gasteiger partial charge in [-0.3, -0.25) is 4.79 Å². The summed E-state index contributed by atoms with van der Waals surface area (Å²) >= 11 is 0. The lowest BCUT2D eigenvalue weighted by Crippen LogP contribution is -2.66. The fourth-order valence-corrected chi connectivity index (χ4v) is 4.57. The summed E-state index contributed by atoms with van der Waals surface area (Å²) in [5.74, 6) is -0.192. The molecule has 2 fully saturated rings. The van der Waals surface area contributed by atoms with Crippen molar-refractivity contribution in [2.24, 2.45) is 5.41 Å². The summed E-state index contributed by atoms with van der Waals surface area (Å²) in [5, 5.41) is 0.103. The SMILES string of the molecule is COC1(c2cccc(O[Si](C)(C)C(C)(C)C)c2)OOCC12CN(C(C)=O)C2. The number of hydrogen-bond donors (Lipinski definition) is 0. The number of rotatable bonds is 4. The molecule has 0 aliphatic carbocycles. The Morgan fingerprint density at radius 3 is 2.48 bits per heavy atom. The molecule has 27 heavy (non-hydrogen) atoms. The molecule has 1 spiro atoms. The van der Waals surface area contributed by atoms with E-state index in [-0.39, 0.29) is 10.9 Å². The third-order valence-corrected chi connectivity index (χ3v) is 10.7. The van der Waals surface area contributed by atoms with E-state index in [1.807, 2.05) is 24.3 Å². The number of benzene rings is 1. The molecule has 2 saturated heterocycles. The molecule has 7 heteroatoms. The number of nitrogens with zero attached hydrogens (tertiary/aromatic N) is 1. The van der Waals surface area contributed by atoms with E-state index in [4.69, 9.17) is 18.9 Å². The van der Waals surface area contributed by atoms with E-state index in [0.29, 0.717) is 19.7 Å². The summed E-state index contributed by atoms with van der Waals surface area (Å²) in [6, 6.07) is 7.87. The van der Waals surface area contributed by atoms with Crippen LogP contribution in [0.3, 0.4) is 0 Å². The standard InChI is InChI=1S/C20H31NO5Si/c1-15(22)21-12-19(13-21)14-24-26-20(19,23-5)16-9-8-10-17(11-16)25-27(6,7)18(2,3)4/h8-11H,12-14H2,1-7H3. The molecule has 1 aromatic carbocycles. The van der Waals surface area contributed by atoms with E-state index >= 15 is 0 Å². The number of ether oxygens (including phenoxy) is 1. The van der Waals surface area contributed by atoms with Crippen LogP contribution < -0.4 is 4.43 Å². The van der Waals surface area contributed by atoms with Crippen LogP contribution in [0.2, 0.25) is 18.1 Å². The lowest BCUT2D eigenvalue weighted by Gasteiger charge is -2.52. The van der Waals surface area contributed by atoms with E-state index in [0.717, 1.165) is 11.3 Å².